The van der Waals surface area contributed by atoms with Crippen molar-refractivity contribution in [3.63, 3.8) is 0 Å². The predicted molar refractivity (Wildman–Crippen MR) is 69.5 cm³/mol. The van der Waals surface area contributed by atoms with Gasteiger partial charge in [0.1, 0.15) is 11.4 Å². The summed E-state index contributed by atoms with van der Waals surface area (Å²) in [6.07, 6.45) is 1.08. The highest BCUT2D eigenvalue weighted by molar-refractivity contribution is 6.30. The number of ether oxygens (including phenoxy) is 1. The molecule has 0 saturated carbocycles. The highest BCUT2D eigenvalue weighted by Crippen LogP contribution is 2.42. The number of hydrogen-bond acceptors (Lipinski definition) is 2. The van der Waals surface area contributed by atoms with Gasteiger partial charge in [-0.1, -0.05) is 25.4 Å². The second-order valence-corrected chi connectivity index (χ2v) is 5.99. The Balaban J connectivity index is 2.30. The smallest absolute Gasteiger partial charge is 0.126 e. The van der Waals surface area contributed by atoms with E-state index in [0.29, 0.717) is 17.4 Å². The second kappa shape index (κ2) is 4.51. The Kier molecular flexibility index (Phi) is 3.37. The molecule has 1 aromatic rings. The van der Waals surface area contributed by atoms with E-state index in [4.69, 9.17) is 16.3 Å². The van der Waals surface area contributed by atoms with Crippen molar-refractivity contribution in [1.82, 2.24) is 0 Å². The largest absolute Gasteiger partial charge is 0.487 e. The summed E-state index contributed by atoms with van der Waals surface area (Å²) in [6, 6.07) is 5.43. The molecule has 17 heavy (non-hydrogen) atoms. The molecular weight excluding hydrogens is 236 g/mol. The van der Waals surface area contributed by atoms with Crippen LogP contribution >= 0.6 is 11.6 Å². The van der Waals surface area contributed by atoms with Crippen LogP contribution in [0.2, 0.25) is 5.02 Å². The maximum absolute atomic E-state index is 10.2. The Morgan fingerprint density at radius 1 is 1.53 bits per heavy atom. The van der Waals surface area contributed by atoms with Gasteiger partial charge in [0.2, 0.25) is 0 Å². The summed E-state index contributed by atoms with van der Waals surface area (Å²) in [7, 11) is 0. The minimum atomic E-state index is -0.485. The van der Waals surface area contributed by atoms with Crippen LogP contribution in [-0.4, -0.2) is 10.7 Å². The van der Waals surface area contributed by atoms with Gasteiger partial charge in [-0.3, -0.25) is 0 Å². The molecule has 1 aliphatic rings. The van der Waals surface area contributed by atoms with E-state index < -0.39 is 6.10 Å². The summed E-state index contributed by atoms with van der Waals surface area (Å²) in [6.45, 7) is 6.39. The van der Waals surface area contributed by atoms with E-state index in [0.717, 1.165) is 17.7 Å². The minimum absolute atomic E-state index is 0.283. The molecule has 0 bridgehead atoms. The molecule has 1 N–H and O–H groups in total. The first-order chi connectivity index (χ1) is 7.89. The number of halogens is 1. The van der Waals surface area contributed by atoms with Crippen LogP contribution in [0.15, 0.2) is 18.2 Å². The Bertz CT molecular complexity index is 417. The lowest BCUT2D eigenvalue weighted by atomic mass is 9.84. The number of rotatable bonds is 2. The van der Waals surface area contributed by atoms with Crippen molar-refractivity contribution in [2.24, 2.45) is 5.92 Å². The normalized spacial score (nSPS) is 27.8. The van der Waals surface area contributed by atoms with E-state index in [-0.39, 0.29) is 5.60 Å². The first kappa shape index (κ1) is 12.7. The summed E-state index contributed by atoms with van der Waals surface area (Å²) < 4.78 is 6.04. The van der Waals surface area contributed by atoms with E-state index in [1.807, 2.05) is 6.07 Å². The zero-order valence-corrected chi connectivity index (χ0v) is 11.3. The summed E-state index contributed by atoms with van der Waals surface area (Å²) in [4.78, 5) is 0. The van der Waals surface area contributed by atoms with E-state index in [1.165, 1.54) is 0 Å². The summed E-state index contributed by atoms with van der Waals surface area (Å²) in [5.74, 6) is 1.30. The van der Waals surface area contributed by atoms with Crippen molar-refractivity contribution in [2.75, 3.05) is 0 Å². The monoisotopic (exact) mass is 254 g/mol. The van der Waals surface area contributed by atoms with Crippen molar-refractivity contribution in [2.45, 2.75) is 45.3 Å². The van der Waals surface area contributed by atoms with Gasteiger partial charge in [0.25, 0.3) is 0 Å². The van der Waals surface area contributed by atoms with Crippen LogP contribution in [0.25, 0.3) is 0 Å². The average molecular weight is 255 g/mol. The molecule has 1 aliphatic heterocycles. The number of hydrogen-bond donors (Lipinski definition) is 1. The molecule has 0 aromatic heterocycles. The fourth-order valence-electron chi connectivity index (χ4n) is 2.69. The topological polar surface area (TPSA) is 29.5 Å². The Morgan fingerprint density at radius 2 is 2.24 bits per heavy atom. The maximum Gasteiger partial charge on any atom is 0.126 e. The third kappa shape index (κ3) is 2.75. The predicted octanol–water partition coefficient (Wildman–Crippen LogP) is 3.96. The average Bonchev–Trinajstić information content (AvgIpc) is 2.17. The van der Waals surface area contributed by atoms with Crippen molar-refractivity contribution < 1.29 is 9.84 Å². The van der Waals surface area contributed by atoms with E-state index >= 15 is 0 Å². The molecule has 0 fully saturated rings. The van der Waals surface area contributed by atoms with Gasteiger partial charge in [-0.05, 0) is 37.5 Å². The van der Waals surface area contributed by atoms with Gasteiger partial charge >= 0.3 is 0 Å². The molecule has 0 aliphatic carbocycles. The minimum Gasteiger partial charge on any atom is -0.487 e. The lowest BCUT2D eigenvalue weighted by Crippen LogP contribution is -2.39. The molecule has 1 aromatic carbocycles. The van der Waals surface area contributed by atoms with E-state index in [9.17, 15) is 5.11 Å². The first-order valence-electron chi connectivity index (χ1n) is 6.06. The van der Waals surface area contributed by atoms with Gasteiger partial charge < -0.3 is 9.84 Å². The molecule has 94 valence electrons. The first-order valence-corrected chi connectivity index (χ1v) is 6.44. The molecule has 0 radical (unpaired) electrons. The number of fused-ring (bicyclic) bond motifs is 1. The fraction of sp³-hybridized carbons (Fsp3) is 0.571. The lowest BCUT2D eigenvalue weighted by Gasteiger charge is -2.39. The highest BCUT2D eigenvalue weighted by Gasteiger charge is 2.36. The van der Waals surface area contributed by atoms with Gasteiger partial charge in [-0.15, -0.1) is 0 Å². The fourth-order valence-corrected chi connectivity index (χ4v) is 2.87. The molecule has 0 amide bonds. The zero-order chi connectivity index (χ0) is 12.6. The van der Waals surface area contributed by atoms with Gasteiger partial charge in [0.15, 0.2) is 0 Å². The second-order valence-electron chi connectivity index (χ2n) is 5.55. The lowest BCUT2D eigenvalue weighted by molar-refractivity contribution is -0.0144. The third-order valence-corrected chi connectivity index (χ3v) is 3.39. The quantitative estimate of drug-likeness (QED) is 0.866. The van der Waals surface area contributed by atoms with Crippen LogP contribution in [0.1, 0.15) is 45.3 Å². The molecule has 2 nitrogen and oxygen atoms in total. The van der Waals surface area contributed by atoms with Gasteiger partial charge in [0, 0.05) is 17.0 Å². The van der Waals surface area contributed by atoms with Crippen molar-refractivity contribution in [3.05, 3.63) is 28.8 Å². The van der Waals surface area contributed by atoms with Crippen molar-refractivity contribution in [1.29, 1.82) is 0 Å². The molecule has 0 spiro atoms. The van der Waals surface area contributed by atoms with Crippen LogP contribution in [0.5, 0.6) is 5.75 Å². The standard InChI is InChI=1S/C14H19ClO2/c1-9(2)7-14(3)8-12(16)11-6-10(15)4-5-13(11)17-14/h4-6,9,12,16H,7-8H2,1-3H3. The molecule has 0 saturated heterocycles. The van der Waals surface area contributed by atoms with Gasteiger partial charge in [-0.25, -0.2) is 0 Å². The van der Waals surface area contributed by atoms with Crippen LogP contribution in [0, 0.1) is 5.92 Å². The molecule has 2 rings (SSSR count). The summed E-state index contributed by atoms with van der Waals surface area (Å²) in [5, 5.41) is 10.8. The van der Waals surface area contributed by atoms with Crippen LogP contribution in [-0.2, 0) is 0 Å². The van der Waals surface area contributed by atoms with E-state index in [1.54, 1.807) is 12.1 Å². The van der Waals surface area contributed by atoms with Gasteiger partial charge in [0.05, 0.1) is 6.10 Å². The Labute approximate surface area is 108 Å². The van der Waals surface area contributed by atoms with Crippen LogP contribution in [0.3, 0.4) is 0 Å². The number of benzene rings is 1. The molecular formula is C14H19ClO2. The van der Waals surface area contributed by atoms with Gasteiger partial charge in [-0.2, -0.15) is 0 Å². The Hall–Kier alpha value is -0.730. The SMILES string of the molecule is CC(C)CC1(C)CC(O)c2cc(Cl)ccc2O1. The highest BCUT2D eigenvalue weighted by atomic mass is 35.5. The summed E-state index contributed by atoms with van der Waals surface area (Å²) in [5.41, 5.74) is 0.521. The molecule has 2 unspecified atom stereocenters. The molecule has 2 atom stereocenters. The van der Waals surface area contributed by atoms with E-state index in [2.05, 4.69) is 20.8 Å². The van der Waals surface area contributed by atoms with Crippen molar-refractivity contribution in [3.8, 4) is 5.75 Å². The summed E-state index contributed by atoms with van der Waals surface area (Å²) >= 11 is 5.93. The molecule has 1 heterocycles. The zero-order valence-electron chi connectivity index (χ0n) is 10.5. The van der Waals surface area contributed by atoms with Crippen molar-refractivity contribution >= 4 is 11.6 Å². The van der Waals surface area contributed by atoms with Crippen LogP contribution < -0.4 is 4.74 Å². The van der Waals surface area contributed by atoms with Crippen LogP contribution in [0.4, 0.5) is 0 Å². The third-order valence-electron chi connectivity index (χ3n) is 3.15. The maximum atomic E-state index is 10.2. The number of aliphatic hydroxyl groups excluding tert-OH is 1. The molecule has 3 heteroatoms. The number of aliphatic hydroxyl groups is 1. The Morgan fingerprint density at radius 3 is 2.88 bits per heavy atom.